The SMILES string of the molecule is O=C(Nc1ccc(S(=O)(=O)Cl)c(F)c1)c1ccncc1Cl. The summed E-state index contributed by atoms with van der Waals surface area (Å²) in [5.41, 5.74) is 0.218. The van der Waals surface area contributed by atoms with Crippen LogP contribution in [0.1, 0.15) is 10.4 Å². The molecule has 0 aliphatic heterocycles. The zero-order chi connectivity index (χ0) is 15.6. The highest BCUT2D eigenvalue weighted by Gasteiger charge is 2.17. The number of halogens is 3. The predicted molar refractivity (Wildman–Crippen MR) is 76.6 cm³/mol. The Morgan fingerprint density at radius 2 is 2.00 bits per heavy atom. The van der Waals surface area contributed by atoms with Crippen LogP contribution in [0.5, 0.6) is 0 Å². The molecule has 1 aromatic heterocycles. The molecule has 0 saturated heterocycles. The summed E-state index contributed by atoms with van der Waals surface area (Å²) in [7, 11) is 0.877. The lowest BCUT2D eigenvalue weighted by molar-refractivity contribution is 0.102. The van der Waals surface area contributed by atoms with Gasteiger partial charge in [-0.05, 0) is 24.3 Å². The average molecular weight is 349 g/mol. The highest BCUT2D eigenvalue weighted by atomic mass is 35.7. The Hall–Kier alpha value is -1.70. The highest BCUT2D eigenvalue weighted by Crippen LogP contribution is 2.23. The molecule has 9 heteroatoms. The van der Waals surface area contributed by atoms with Crippen LogP contribution in [0.4, 0.5) is 10.1 Å². The minimum atomic E-state index is -4.18. The topological polar surface area (TPSA) is 76.1 Å². The second kappa shape index (κ2) is 5.97. The number of anilines is 1. The van der Waals surface area contributed by atoms with E-state index in [1.807, 2.05) is 0 Å². The summed E-state index contributed by atoms with van der Waals surface area (Å²) in [5, 5.41) is 2.52. The maximum Gasteiger partial charge on any atom is 0.264 e. The number of rotatable bonds is 3. The van der Waals surface area contributed by atoms with Gasteiger partial charge in [-0.3, -0.25) is 9.78 Å². The fourth-order valence-electron chi connectivity index (χ4n) is 1.53. The van der Waals surface area contributed by atoms with Gasteiger partial charge in [0.05, 0.1) is 10.6 Å². The van der Waals surface area contributed by atoms with Crippen LogP contribution in [0, 0.1) is 5.82 Å². The van der Waals surface area contributed by atoms with Gasteiger partial charge in [0.25, 0.3) is 15.0 Å². The van der Waals surface area contributed by atoms with E-state index in [1.165, 1.54) is 24.5 Å². The molecular formula is C12H7Cl2FN2O3S. The summed E-state index contributed by atoms with van der Waals surface area (Å²) in [4.78, 5) is 15.0. The maximum absolute atomic E-state index is 13.6. The number of nitrogens with one attached hydrogen (secondary N) is 1. The van der Waals surface area contributed by atoms with Crippen molar-refractivity contribution in [1.82, 2.24) is 4.98 Å². The summed E-state index contributed by atoms with van der Waals surface area (Å²) in [5.74, 6) is -1.65. The van der Waals surface area contributed by atoms with Gasteiger partial charge in [0.1, 0.15) is 10.7 Å². The molecular weight excluding hydrogens is 342 g/mol. The van der Waals surface area contributed by atoms with Crippen molar-refractivity contribution in [3.05, 3.63) is 53.1 Å². The van der Waals surface area contributed by atoms with Crippen molar-refractivity contribution in [3.8, 4) is 0 Å². The third kappa shape index (κ3) is 3.69. The van der Waals surface area contributed by atoms with Gasteiger partial charge in [-0.15, -0.1) is 0 Å². The molecule has 0 aliphatic carbocycles. The van der Waals surface area contributed by atoms with E-state index in [1.54, 1.807) is 0 Å². The lowest BCUT2D eigenvalue weighted by Crippen LogP contribution is -2.13. The van der Waals surface area contributed by atoms with Crippen LogP contribution in [0.2, 0.25) is 5.02 Å². The van der Waals surface area contributed by atoms with Gasteiger partial charge in [-0.2, -0.15) is 0 Å². The Morgan fingerprint density at radius 3 is 2.57 bits per heavy atom. The third-order valence-corrected chi connectivity index (χ3v) is 4.13. The van der Waals surface area contributed by atoms with Crippen molar-refractivity contribution in [3.63, 3.8) is 0 Å². The highest BCUT2D eigenvalue weighted by molar-refractivity contribution is 8.13. The minimum absolute atomic E-state index is 0.0643. The molecule has 2 rings (SSSR count). The number of carbonyl (C=O) groups excluding carboxylic acids is 1. The van der Waals surface area contributed by atoms with Crippen LogP contribution in [0.15, 0.2) is 41.6 Å². The molecule has 1 N–H and O–H groups in total. The smallest absolute Gasteiger partial charge is 0.264 e. The van der Waals surface area contributed by atoms with E-state index >= 15 is 0 Å². The zero-order valence-electron chi connectivity index (χ0n) is 10.2. The molecule has 5 nitrogen and oxygen atoms in total. The molecule has 0 fully saturated rings. The van der Waals surface area contributed by atoms with Crippen molar-refractivity contribution in [2.75, 3.05) is 5.32 Å². The predicted octanol–water partition coefficient (Wildman–Crippen LogP) is 3.05. The molecule has 0 atom stereocenters. The van der Waals surface area contributed by atoms with Crippen LogP contribution in [0.3, 0.4) is 0 Å². The van der Waals surface area contributed by atoms with Gasteiger partial charge in [0.15, 0.2) is 0 Å². The number of hydrogen-bond donors (Lipinski definition) is 1. The molecule has 1 aromatic carbocycles. The molecule has 2 aromatic rings. The van der Waals surface area contributed by atoms with Gasteiger partial charge in [-0.25, -0.2) is 12.8 Å². The molecule has 0 unspecified atom stereocenters. The van der Waals surface area contributed by atoms with Crippen LogP contribution >= 0.6 is 22.3 Å². The minimum Gasteiger partial charge on any atom is -0.322 e. The average Bonchev–Trinajstić information content (AvgIpc) is 2.37. The molecule has 0 saturated carbocycles. The van der Waals surface area contributed by atoms with Gasteiger partial charge in [0.2, 0.25) is 0 Å². The summed E-state index contributed by atoms with van der Waals surface area (Å²) in [6.07, 6.45) is 2.67. The van der Waals surface area contributed by atoms with Crippen LogP contribution in [-0.4, -0.2) is 19.3 Å². The number of nitrogens with zero attached hydrogens (tertiary/aromatic N) is 1. The fourth-order valence-corrected chi connectivity index (χ4v) is 2.64. The number of benzene rings is 1. The first kappa shape index (κ1) is 15.7. The number of amides is 1. The number of aromatic nitrogens is 1. The van der Waals surface area contributed by atoms with Crippen molar-refractivity contribution in [1.29, 1.82) is 0 Å². The lowest BCUT2D eigenvalue weighted by atomic mass is 10.2. The van der Waals surface area contributed by atoms with Crippen LogP contribution in [-0.2, 0) is 9.05 Å². The zero-order valence-corrected chi connectivity index (χ0v) is 12.5. The van der Waals surface area contributed by atoms with E-state index in [-0.39, 0.29) is 16.3 Å². The largest absolute Gasteiger partial charge is 0.322 e. The molecule has 0 bridgehead atoms. The van der Waals surface area contributed by atoms with Crippen LogP contribution in [0.25, 0.3) is 0 Å². The molecule has 1 amide bonds. The second-order valence-electron chi connectivity index (χ2n) is 3.89. The number of hydrogen-bond acceptors (Lipinski definition) is 4. The first-order valence-corrected chi connectivity index (χ1v) is 8.13. The van der Waals surface area contributed by atoms with Crippen LogP contribution < -0.4 is 5.32 Å². The molecule has 0 spiro atoms. The second-order valence-corrected chi connectivity index (χ2v) is 6.83. The Kier molecular flexibility index (Phi) is 4.46. The lowest BCUT2D eigenvalue weighted by Gasteiger charge is -2.07. The summed E-state index contributed by atoms with van der Waals surface area (Å²) < 4.78 is 35.8. The Bertz CT molecular complexity index is 812. The Morgan fingerprint density at radius 1 is 1.29 bits per heavy atom. The number of carbonyl (C=O) groups is 1. The quantitative estimate of drug-likeness (QED) is 0.864. The first-order chi connectivity index (χ1) is 9.79. The molecule has 110 valence electrons. The summed E-state index contributed by atoms with van der Waals surface area (Å²) in [6, 6.07) is 4.42. The summed E-state index contributed by atoms with van der Waals surface area (Å²) in [6.45, 7) is 0. The fraction of sp³-hybridized carbons (Fsp3) is 0. The maximum atomic E-state index is 13.6. The van der Waals surface area contributed by atoms with Gasteiger partial charge in [0, 0.05) is 28.8 Å². The van der Waals surface area contributed by atoms with Gasteiger partial charge < -0.3 is 5.32 Å². The van der Waals surface area contributed by atoms with E-state index in [0.717, 1.165) is 12.1 Å². The third-order valence-electron chi connectivity index (χ3n) is 2.47. The Balaban J connectivity index is 2.27. The molecule has 1 heterocycles. The van der Waals surface area contributed by atoms with E-state index < -0.39 is 25.7 Å². The Labute approximate surface area is 129 Å². The van der Waals surface area contributed by atoms with E-state index in [0.29, 0.717) is 0 Å². The standard InChI is InChI=1S/C12H7Cl2FN2O3S/c13-9-6-16-4-3-8(9)12(18)17-7-1-2-11(10(15)5-7)21(14,19)20/h1-6H,(H,17,18). The normalized spacial score (nSPS) is 11.2. The van der Waals surface area contributed by atoms with Gasteiger partial charge >= 0.3 is 0 Å². The first-order valence-electron chi connectivity index (χ1n) is 5.44. The van der Waals surface area contributed by atoms with Gasteiger partial charge in [-0.1, -0.05) is 11.6 Å². The number of pyridine rings is 1. The summed E-state index contributed by atoms with van der Waals surface area (Å²) >= 11 is 5.81. The van der Waals surface area contributed by atoms with E-state index in [4.69, 9.17) is 22.3 Å². The van der Waals surface area contributed by atoms with Crippen molar-refractivity contribution >= 4 is 42.9 Å². The van der Waals surface area contributed by atoms with E-state index in [2.05, 4.69) is 10.3 Å². The molecule has 0 radical (unpaired) electrons. The molecule has 21 heavy (non-hydrogen) atoms. The monoisotopic (exact) mass is 348 g/mol. The molecule has 0 aliphatic rings. The van der Waals surface area contributed by atoms with E-state index in [9.17, 15) is 17.6 Å². The van der Waals surface area contributed by atoms with Crippen molar-refractivity contribution in [2.45, 2.75) is 4.90 Å². The van der Waals surface area contributed by atoms with Crippen molar-refractivity contribution < 1.29 is 17.6 Å². The van der Waals surface area contributed by atoms with Crippen molar-refractivity contribution in [2.24, 2.45) is 0 Å².